The standard InChI is InChI=1S/C19H24N4O2/c1-13(2)23-18-10-17(21-12-22-18)14-5-7-15(8-6-14)19(24)20-11-16-4-3-9-25-16/h5-8,10,12-13,16H,3-4,9,11H2,1-2H3,(H,20,24)(H,21,22,23). The van der Waals surface area contributed by atoms with Gasteiger partial charge in [-0.2, -0.15) is 0 Å². The Morgan fingerprint density at radius 1 is 1.28 bits per heavy atom. The lowest BCUT2D eigenvalue weighted by Gasteiger charge is -2.11. The van der Waals surface area contributed by atoms with Gasteiger partial charge in [0.05, 0.1) is 11.8 Å². The highest BCUT2D eigenvalue weighted by Gasteiger charge is 2.16. The van der Waals surface area contributed by atoms with Crippen LogP contribution in [0.15, 0.2) is 36.7 Å². The van der Waals surface area contributed by atoms with E-state index in [1.165, 1.54) is 0 Å². The number of carbonyl (C=O) groups is 1. The van der Waals surface area contributed by atoms with E-state index in [1.807, 2.05) is 30.3 Å². The van der Waals surface area contributed by atoms with Crippen molar-refractivity contribution in [3.63, 3.8) is 0 Å². The Kier molecular flexibility index (Phi) is 5.60. The summed E-state index contributed by atoms with van der Waals surface area (Å²) in [5, 5.41) is 6.19. The minimum atomic E-state index is -0.0769. The average molecular weight is 340 g/mol. The molecule has 1 aromatic heterocycles. The van der Waals surface area contributed by atoms with E-state index in [0.717, 1.165) is 36.5 Å². The van der Waals surface area contributed by atoms with Gasteiger partial charge in [-0.3, -0.25) is 4.79 Å². The quantitative estimate of drug-likeness (QED) is 0.846. The van der Waals surface area contributed by atoms with E-state index in [1.54, 1.807) is 6.33 Å². The second-order valence-electron chi connectivity index (χ2n) is 6.51. The van der Waals surface area contributed by atoms with Crippen LogP contribution in [0.4, 0.5) is 5.82 Å². The Hall–Kier alpha value is -2.47. The summed E-state index contributed by atoms with van der Waals surface area (Å²) in [6, 6.07) is 9.66. The SMILES string of the molecule is CC(C)Nc1cc(-c2ccc(C(=O)NCC3CCCO3)cc2)ncn1. The summed E-state index contributed by atoms with van der Waals surface area (Å²) in [6.45, 7) is 5.48. The summed E-state index contributed by atoms with van der Waals surface area (Å²) in [5.41, 5.74) is 2.41. The summed E-state index contributed by atoms with van der Waals surface area (Å²) in [5.74, 6) is 0.713. The molecular formula is C19H24N4O2. The number of nitrogens with zero attached hydrogens (tertiary/aromatic N) is 2. The molecule has 0 spiro atoms. The van der Waals surface area contributed by atoms with Gasteiger partial charge in [0.15, 0.2) is 0 Å². The van der Waals surface area contributed by atoms with Crippen molar-refractivity contribution in [1.29, 1.82) is 0 Å². The van der Waals surface area contributed by atoms with Crippen molar-refractivity contribution in [3.05, 3.63) is 42.2 Å². The van der Waals surface area contributed by atoms with Crippen molar-refractivity contribution in [2.24, 2.45) is 0 Å². The smallest absolute Gasteiger partial charge is 0.251 e. The fourth-order valence-electron chi connectivity index (χ4n) is 2.80. The van der Waals surface area contributed by atoms with Gasteiger partial charge in [-0.25, -0.2) is 9.97 Å². The van der Waals surface area contributed by atoms with Crippen LogP contribution < -0.4 is 10.6 Å². The van der Waals surface area contributed by atoms with Crippen LogP contribution in [0.2, 0.25) is 0 Å². The normalized spacial score (nSPS) is 16.8. The Morgan fingerprint density at radius 3 is 2.76 bits per heavy atom. The first-order valence-corrected chi connectivity index (χ1v) is 8.70. The molecule has 1 amide bonds. The van der Waals surface area contributed by atoms with Crippen LogP contribution in [-0.2, 0) is 4.74 Å². The molecule has 2 aromatic rings. The highest BCUT2D eigenvalue weighted by Crippen LogP contribution is 2.20. The van der Waals surface area contributed by atoms with E-state index in [4.69, 9.17) is 4.74 Å². The van der Waals surface area contributed by atoms with Gasteiger partial charge in [0.1, 0.15) is 12.1 Å². The Morgan fingerprint density at radius 2 is 2.08 bits per heavy atom. The number of nitrogens with one attached hydrogen (secondary N) is 2. The molecule has 2 N–H and O–H groups in total. The largest absolute Gasteiger partial charge is 0.376 e. The summed E-state index contributed by atoms with van der Waals surface area (Å²) in [4.78, 5) is 20.7. The average Bonchev–Trinajstić information content (AvgIpc) is 3.13. The van der Waals surface area contributed by atoms with E-state index in [-0.39, 0.29) is 12.0 Å². The zero-order valence-corrected chi connectivity index (χ0v) is 14.7. The Balaban J connectivity index is 1.64. The van der Waals surface area contributed by atoms with Crippen molar-refractivity contribution in [2.45, 2.75) is 38.8 Å². The van der Waals surface area contributed by atoms with E-state index < -0.39 is 0 Å². The van der Waals surface area contributed by atoms with Crippen LogP contribution in [0.1, 0.15) is 37.0 Å². The second kappa shape index (κ2) is 8.07. The van der Waals surface area contributed by atoms with Gasteiger partial charge in [0.2, 0.25) is 0 Å². The molecule has 25 heavy (non-hydrogen) atoms. The molecule has 1 aliphatic heterocycles. The topological polar surface area (TPSA) is 76.1 Å². The number of benzene rings is 1. The highest BCUT2D eigenvalue weighted by atomic mass is 16.5. The zero-order valence-electron chi connectivity index (χ0n) is 14.7. The molecule has 1 fully saturated rings. The lowest BCUT2D eigenvalue weighted by atomic mass is 10.1. The van der Waals surface area contributed by atoms with Crippen molar-refractivity contribution >= 4 is 11.7 Å². The van der Waals surface area contributed by atoms with Gasteiger partial charge in [-0.05, 0) is 38.8 Å². The predicted octanol–water partition coefficient (Wildman–Crippen LogP) is 2.87. The fraction of sp³-hybridized carbons (Fsp3) is 0.421. The number of hydrogen-bond acceptors (Lipinski definition) is 5. The number of rotatable bonds is 6. The number of ether oxygens (including phenoxy) is 1. The van der Waals surface area contributed by atoms with E-state index in [2.05, 4.69) is 34.4 Å². The summed E-state index contributed by atoms with van der Waals surface area (Å²) < 4.78 is 5.52. The van der Waals surface area contributed by atoms with Crippen molar-refractivity contribution < 1.29 is 9.53 Å². The second-order valence-corrected chi connectivity index (χ2v) is 6.51. The summed E-state index contributed by atoms with van der Waals surface area (Å²) in [7, 11) is 0. The minimum absolute atomic E-state index is 0.0769. The van der Waals surface area contributed by atoms with Gasteiger partial charge in [-0.1, -0.05) is 12.1 Å². The molecule has 1 unspecified atom stereocenters. The number of carbonyl (C=O) groups excluding carboxylic acids is 1. The fourth-order valence-corrected chi connectivity index (χ4v) is 2.80. The van der Waals surface area contributed by atoms with Crippen LogP contribution in [0.25, 0.3) is 11.3 Å². The molecule has 0 aliphatic carbocycles. The summed E-state index contributed by atoms with van der Waals surface area (Å²) >= 11 is 0. The number of hydrogen-bond donors (Lipinski definition) is 2. The monoisotopic (exact) mass is 340 g/mol. The minimum Gasteiger partial charge on any atom is -0.376 e. The third-order valence-corrected chi connectivity index (χ3v) is 4.06. The van der Waals surface area contributed by atoms with Crippen molar-refractivity contribution in [2.75, 3.05) is 18.5 Å². The van der Waals surface area contributed by atoms with E-state index in [0.29, 0.717) is 18.2 Å². The van der Waals surface area contributed by atoms with Crippen LogP contribution in [0.5, 0.6) is 0 Å². The molecule has 6 heteroatoms. The Labute approximate surface area is 148 Å². The van der Waals surface area contributed by atoms with Gasteiger partial charge >= 0.3 is 0 Å². The summed E-state index contributed by atoms with van der Waals surface area (Å²) in [6.07, 6.45) is 3.78. The molecule has 2 heterocycles. The molecule has 0 radical (unpaired) electrons. The van der Waals surface area contributed by atoms with Crippen LogP contribution in [-0.4, -0.2) is 41.2 Å². The van der Waals surface area contributed by atoms with Crippen molar-refractivity contribution in [3.8, 4) is 11.3 Å². The lowest BCUT2D eigenvalue weighted by Crippen LogP contribution is -2.31. The molecule has 1 saturated heterocycles. The molecule has 132 valence electrons. The molecule has 6 nitrogen and oxygen atoms in total. The lowest BCUT2D eigenvalue weighted by molar-refractivity contribution is 0.0858. The molecule has 0 bridgehead atoms. The van der Waals surface area contributed by atoms with Gasteiger partial charge < -0.3 is 15.4 Å². The highest BCUT2D eigenvalue weighted by molar-refractivity contribution is 5.94. The third kappa shape index (κ3) is 4.76. The predicted molar refractivity (Wildman–Crippen MR) is 97.5 cm³/mol. The maximum absolute atomic E-state index is 12.2. The molecular weight excluding hydrogens is 316 g/mol. The van der Waals surface area contributed by atoms with Crippen LogP contribution in [0, 0.1) is 0 Å². The van der Waals surface area contributed by atoms with Crippen LogP contribution in [0.3, 0.4) is 0 Å². The molecule has 1 atom stereocenters. The Bertz CT molecular complexity index is 710. The van der Waals surface area contributed by atoms with E-state index >= 15 is 0 Å². The molecule has 1 aliphatic rings. The maximum atomic E-state index is 12.2. The first kappa shape index (κ1) is 17.4. The van der Waals surface area contributed by atoms with Gasteiger partial charge in [0.25, 0.3) is 5.91 Å². The van der Waals surface area contributed by atoms with Gasteiger partial charge in [-0.15, -0.1) is 0 Å². The van der Waals surface area contributed by atoms with Crippen molar-refractivity contribution in [1.82, 2.24) is 15.3 Å². The first-order chi connectivity index (χ1) is 12.1. The van der Waals surface area contributed by atoms with Gasteiger partial charge in [0, 0.05) is 36.4 Å². The first-order valence-electron chi connectivity index (χ1n) is 8.70. The molecule has 3 rings (SSSR count). The maximum Gasteiger partial charge on any atom is 0.251 e. The zero-order chi connectivity index (χ0) is 17.6. The third-order valence-electron chi connectivity index (χ3n) is 4.06. The molecule has 1 aromatic carbocycles. The van der Waals surface area contributed by atoms with E-state index in [9.17, 15) is 4.79 Å². The number of amides is 1. The van der Waals surface area contributed by atoms with Crippen LogP contribution >= 0.6 is 0 Å². The molecule has 0 saturated carbocycles. The number of anilines is 1. The number of aromatic nitrogens is 2.